The van der Waals surface area contributed by atoms with Gasteiger partial charge in [-0.25, -0.2) is 9.55 Å². The van der Waals surface area contributed by atoms with Crippen molar-refractivity contribution in [3.63, 3.8) is 0 Å². The molecule has 0 bridgehead atoms. The summed E-state index contributed by atoms with van der Waals surface area (Å²) >= 11 is 0. The highest BCUT2D eigenvalue weighted by Crippen LogP contribution is 2.26. The lowest BCUT2D eigenvalue weighted by molar-refractivity contribution is -0.704. The molecule has 1 heterocycles. The molecule has 1 atom stereocenters. The summed E-state index contributed by atoms with van der Waals surface area (Å²) < 4.78 is 2.54. The minimum absolute atomic E-state index is 0.695. The Kier molecular flexibility index (Phi) is 20.9. The van der Waals surface area contributed by atoms with Crippen molar-refractivity contribution in [3.8, 4) is 0 Å². The lowest BCUT2D eigenvalue weighted by atomic mass is 9.93. The lowest BCUT2D eigenvalue weighted by Crippen LogP contribution is -2.37. The van der Waals surface area contributed by atoms with Crippen molar-refractivity contribution in [2.75, 3.05) is 0 Å². The van der Waals surface area contributed by atoms with Crippen molar-refractivity contribution in [3.05, 3.63) is 54.1 Å². The topological polar surface area (TPSA) is 19.7 Å². The summed E-state index contributed by atoms with van der Waals surface area (Å²) in [7, 11) is 0. The molecule has 0 amide bonds. The molecule has 1 aromatic carbocycles. The number of aryl methyl sites for hydroxylation is 2. The van der Waals surface area contributed by atoms with E-state index < -0.39 is 0 Å². The largest absolute Gasteiger partial charge is 0.257 e. The number of unbranched alkanes of at least 4 members (excludes halogenated alkanes) is 18. The molecular weight excluding hydrogens is 472 g/mol. The van der Waals surface area contributed by atoms with E-state index in [2.05, 4.69) is 66.1 Å². The van der Waals surface area contributed by atoms with Crippen LogP contribution in [0.4, 0.5) is 0 Å². The molecule has 0 spiro atoms. The molecule has 0 aliphatic rings. The molecule has 0 radical (unpaired) electrons. The molecular formula is C37H65N2+. The Balaban J connectivity index is 1.68. The predicted molar refractivity (Wildman–Crippen MR) is 171 cm³/mol. The van der Waals surface area contributed by atoms with Gasteiger partial charge in [0.2, 0.25) is 0 Å². The summed E-state index contributed by atoms with van der Waals surface area (Å²) in [5.74, 6) is 2.19. The summed E-state index contributed by atoms with van der Waals surface area (Å²) in [6.45, 7) is 5.74. The second kappa shape index (κ2) is 24.2. The van der Waals surface area contributed by atoms with Crippen LogP contribution in [0.25, 0.3) is 0 Å². The van der Waals surface area contributed by atoms with Gasteiger partial charge in [0.1, 0.15) is 12.4 Å². The second-order valence-electron chi connectivity index (χ2n) is 12.3. The van der Waals surface area contributed by atoms with Crippen molar-refractivity contribution in [2.45, 2.75) is 180 Å². The maximum atomic E-state index is 3.68. The molecule has 222 valence electrons. The molecule has 39 heavy (non-hydrogen) atoms. The summed E-state index contributed by atoms with van der Waals surface area (Å²) in [6.07, 6.45) is 38.1. The van der Waals surface area contributed by atoms with Gasteiger partial charge in [-0.3, -0.25) is 0 Å². The first-order valence-corrected chi connectivity index (χ1v) is 17.5. The van der Waals surface area contributed by atoms with E-state index in [9.17, 15) is 0 Å². The van der Waals surface area contributed by atoms with Crippen molar-refractivity contribution < 1.29 is 4.57 Å². The zero-order chi connectivity index (χ0) is 27.6. The van der Waals surface area contributed by atoms with Crippen LogP contribution in [0.15, 0.2) is 42.7 Å². The van der Waals surface area contributed by atoms with Gasteiger partial charge in [-0.05, 0) is 31.2 Å². The number of aromatic amines is 1. The molecule has 0 fully saturated rings. The van der Waals surface area contributed by atoms with Gasteiger partial charge in [-0.2, -0.15) is 0 Å². The number of H-pyrrole nitrogens is 1. The molecule has 2 nitrogen and oxygen atoms in total. The Morgan fingerprint density at radius 2 is 1.03 bits per heavy atom. The molecule has 0 saturated carbocycles. The summed E-state index contributed by atoms with van der Waals surface area (Å²) in [5, 5.41) is 0. The molecule has 2 heteroatoms. The third kappa shape index (κ3) is 17.0. The maximum Gasteiger partial charge on any atom is 0.257 e. The monoisotopic (exact) mass is 538 g/mol. The van der Waals surface area contributed by atoms with Gasteiger partial charge in [0.15, 0.2) is 0 Å². The second-order valence-corrected chi connectivity index (χ2v) is 12.3. The van der Waals surface area contributed by atoms with E-state index in [0.29, 0.717) is 5.92 Å². The van der Waals surface area contributed by atoms with E-state index >= 15 is 0 Å². The van der Waals surface area contributed by atoms with Crippen LogP contribution in [0.1, 0.15) is 179 Å². The van der Waals surface area contributed by atoms with Crippen molar-refractivity contribution >= 4 is 0 Å². The third-order valence-electron chi connectivity index (χ3n) is 8.70. The van der Waals surface area contributed by atoms with Gasteiger partial charge in [0, 0.05) is 0 Å². The highest BCUT2D eigenvalue weighted by molar-refractivity contribution is 5.14. The highest BCUT2D eigenvalue weighted by Gasteiger charge is 2.22. The number of nitrogens with one attached hydrogen (secondary N) is 1. The average Bonchev–Trinajstić information content (AvgIpc) is 3.43. The summed E-state index contributed by atoms with van der Waals surface area (Å²) in [5.41, 5.74) is 1.46. The Morgan fingerprint density at radius 3 is 1.51 bits per heavy atom. The molecule has 2 aromatic rings. The normalized spacial score (nSPS) is 12.3. The number of aromatic nitrogens is 2. The standard InChI is InChI=1S/C37H64N2/c1-3-5-7-9-11-12-13-14-15-16-18-20-25-31-36(30-24-19-17-10-8-6-4-2)37-38-32-34-39(37)33-26-29-35-27-22-21-23-28-35/h21-23,27-28,32,34,36H,3-20,24-26,29-31,33H2,1-2H3/p+1/t36-/m0/s1. The number of nitrogens with zero attached hydrogens (tertiary/aromatic N) is 1. The van der Waals surface area contributed by atoms with Crippen LogP contribution in [0.5, 0.6) is 0 Å². The maximum absolute atomic E-state index is 3.68. The fourth-order valence-corrected chi connectivity index (χ4v) is 6.20. The Morgan fingerprint density at radius 1 is 0.564 bits per heavy atom. The van der Waals surface area contributed by atoms with Gasteiger partial charge in [0.05, 0.1) is 12.5 Å². The number of benzene rings is 1. The number of hydrogen-bond donors (Lipinski definition) is 1. The van der Waals surface area contributed by atoms with Crippen LogP contribution in [0.2, 0.25) is 0 Å². The van der Waals surface area contributed by atoms with E-state index in [4.69, 9.17) is 0 Å². The first kappa shape index (κ1) is 33.6. The number of hydrogen-bond acceptors (Lipinski definition) is 0. The first-order chi connectivity index (χ1) is 19.3. The van der Waals surface area contributed by atoms with Crippen LogP contribution in [0, 0.1) is 0 Å². The molecule has 0 aliphatic carbocycles. The predicted octanol–water partition coefficient (Wildman–Crippen LogP) is 11.6. The minimum Gasteiger partial charge on any atom is -0.247 e. The van der Waals surface area contributed by atoms with E-state index in [1.807, 2.05) is 0 Å². The molecule has 1 aromatic heterocycles. The van der Waals surface area contributed by atoms with Gasteiger partial charge in [0.25, 0.3) is 5.82 Å². The molecule has 0 unspecified atom stereocenters. The Labute approximate surface area is 243 Å². The van der Waals surface area contributed by atoms with E-state index in [-0.39, 0.29) is 0 Å². The quantitative estimate of drug-likeness (QED) is 0.0863. The van der Waals surface area contributed by atoms with Crippen molar-refractivity contribution in [1.82, 2.24) is 4.98 Å². The van der Waals surface area contributed by atoms with Crippen molar-refractivity contribution in [1.29, 1.82) is 0 Å². The third-order valence-corrected chi connectivity index (χ3v) is 8.70. The van der Waals surface area contributed by atoms with E-state index in [1.54, 1.807) is 0 Å². The fraction of sp³-hybridized carbons (Fsp3) is 0.757. The van der Waals surface area contributed by atoms with Gasteiger partial charge in [-0.1, -0.05) is 173 Å². The van der Waals surface area contributed by atoms with Crippen molar-refractivity contribution in [2.24, 2.45) is 0 Å². The molecule has 0 aliphatic heterocycles. The summed E-state index contributed by atoms with van der Waals surface area (Å²) in [6, 6.07) is 11.0. The molecule has 1 N–H and O–H groups in total. The zero-order valence-corrected chi connectivity index (χ0v) is 26.2. The van der Waals surface area contributed by atoms with Crippen LogP contribution >= 0.6 is 0 Å². The zero-order valence-electron chi connectivity index (χ0n) is 26.2. The van der Waals surface area contributed by atoms with E-state index in [0.717, 1.165) is 6.54 Å². The minimum atomic E-state index is 0.695. The van der Waals surface area contributed by atoms with Crippen LogP contribution in [0.3, 0.4) is 0 Å². The first-order valence-electron chi connectivity index (χ1n) is 17.5. The van der Waals surface area contributed by atoms with Crippen LogP contribution in [-0.2, 0) is 13.0 Å². The average molecular weight is 538 g/mol. The molecule has 2 rings (SSSR count). The smallest absolute Gasteiger partial charge is 0.247 e. The number of imidazole rings is 1. The van der Waals surface area contributed by atoms with Gasteiger partial charge in [-0.15, -0.1) is 0 Å². The SMILES string of the molecule is CCCCCCCCCCCCCCC[C@H](CCCCCCCCC)c1[nH]cc[n+]1CCCc1ccccc1. The van der Waals surface area contributed by atoms with E-state index in [1.165, 1.54) is 165 Å². The Hall–Kier alpha value is -1.57. The Bertz CT molecular complexity index is 765. The van der Waals surface area contributed by atoms with Gasteiger partial charge >= 0.3 is 0 Å². The summed E-state index contributed by atoms with van der Waals surface area (Å²) in [4.78, 5) is 3.68. The highest BCUT2D eigenvalue weighted by atomic mass is 15.1. The molecule has 0 saturated heterocycles. The van der Waals surface area contributed by atoms with Crippen LogP contribution in [-0.4, -0.2) is 4.98 Å². The van der Waals surface area contributed by atoms with Gasteiger partial charge < -0.3 is 0 Å². The number of rotatable bonds is 27. The fourth-order valence-electron chi connectivity index (χ4n) is 6.20. The van der Waals surface area contributed by atoms with Crippen LogP contribution < -0.4 is 4.57 Å². The lowest BCUT2D eigenvalue weighted by Gasteiger charge is -2.14.